The summed E-state index contributed by atoms with van der Waals surface area (Å²) in [6, 6.07) is 0. The predicted octanol–water partition coefficient (Wildman–Crippen LogP) is 4.37. The molecular formula is C16H30O2. The first-order chi connectivity index (χ1) is 8.60. The van der Waals surface area contributed by atoms with Crippen molar-refractivity contribution in [3.05, 3.63) is 0 Å². The zero-order chi connectivity index (χ0) is 13.4. The van der Waals surface area contributed by atoms with Crippen LogP contribution < -0.4 is 0 Å². The van der Waals surface area contributed by atoms with Gasteiger partial charge in [0, 0.05) is 13.5 Å². The Bertz CT molecular complexity index is 239. The Morgan fingerprint density at radius 1 is 1.17 bits per heavy atom. The molecule has 1 rings (SSSR count). The highest BCUT2D eigenvalue weighted by molar-refractivity contribution is 5.85. The van der Waals surface area contributed by atoms with Crippen LogP contribution in [0.4, 0.5) is 0 Å². The van der Waals surface area contributed by atoms with Crippen LogP contribution in [-0.2, 0) is 9.53 Å². The van der Waals surface area contributed by atoms with Crippen LogP contribution in [0.2, 0.25) is 0 Å². The van der Waals surface area contributed by atoms with Crippen LogP contribution in [0.5, 0.6) is 0 Å². The van der Waals surface area contributed by atoms with Crippen molar-refractivity contribution < 1.29 is 9.53 Å². The monoisotopic (exact) mass is 254 g/mol. The first-order valence-electron chi connectivity index (χ1n) is 7.63. The fourth-order valence-electron chi connectivity index (χ4n) is 3.11. The molecule has 0 spiro atoms. The zero-order valence-electron chi connectivity index (χ0n) is 12.5. The maximum Gasteiger partial charge on any atom is 0.141 e. The maximum atomic E-state index is 12.4. The fourth-order valence-corrected chi connectivity index (χ4v) is 3.11. The minimum Gasteiger partial charge on any atom is -0.384 e. The summed E-state index contributed by atoms with van der Waals surface area (Å²) in [5, 5.41) is 0. The van der Waals surface area contributed by atoms with E-state index in [1.807, 2.05) is 0 Å². The molecule has 1 aliphatic carbocycles. The van der Waals surface area contributed by atoms with Crippen molar-refractivity contribution in [3.63, 3.8) is 0 Å². The largest absolute Gasteiger partial charge is 0.384 e. The van der Waals surface area contributed by atoms with Crippen molar-refractivity contribution in [2.24, 2.45) is 11.3 Å². The lowest BCUT2D eigenvalue weighted by Gasteiger charge is -2.26. The molecule has 0 atom stereocenters. The predicted molar refractivity (Wildman–Crippen MR) is 75.7 cm³/mol. The van der Waals surface area contributed by atoms with Crippen LogP contribution in [0.25, 0.3) is 0 Å². The molecule has 0 heterocycles. The molecule has 0 radical (unpaired) electrons. The van der Waals surface area contributed by atoms with Gasteiger partial charge in [0.1, 0.15) is 5.78 Å². The summed E-state index contributed by atoms with van der Waals surface area (Å²) in [5.74, 6) is 1.25. The Balaban J connectivity index is 2.25. The topological polar surface area (TPSA) is 26.3 Å². The van der Waals surface area contributed by atoms with E-state index >= 15 is 0 Å². The van der Waals surface area contributed by atoms with Gasteiger partial charge in [-0.05, 0) is 25.2 Å². The molecule has 0 aliphatic heterocycles. The van der Waals surface area contributed by atoms with Gasteiger partial charge in [0.2, 0.25) is 0 Å². The summed E-state index contributed by atoms with van der Waals surface area (Å²) in [5.41, 5.74) is -0.118. The average molecular weight is 254 g/mol. The van der Waals surface area contributed by atoms with Gasteiger partial charge in [0.25, 0.3) is 0 Å². The third-order valence-corrected chi connectivity index (χ3v) is 4.26. The first kappa shape index (κ1) is 15.7. The highest BCUT2D eigenvalue weighted by Crippen LogP contribution is 2.40. The van der Waals surface area contributed by atoms with Gasteiger partial charge in [0.05, 0.1) is 12.0 Å². The molecule has 1 aliphatic rings. The minimum atomic E-state index is -0.118. The zero-order valence-corrected chi connectivity index (χ0v) is 12.5. The Morgan fingerprint density at radius 2 is 1.83 bits per heavy atom. The molecule has 2 nitrogen and oxygen atoms in total. The second-order valence-electron chi connectivity index (χ2n) is 6.34. The summed E-state index contributed by atoms with van der Waals surface area (Å²) < 4.78 is 5.29. The van der Waals surface area contributed by atoms with Crippen LogP contribution in [0, 0.1) is 11.3 Å². The van der Waals surface area contributed by atoms with E-state index in [-0.39, 0.29) is 5.41 Å². The van der Waals surface area contributed by atoms with Gasteiger partial charge in [-0.25, -0.2) is 0 Å². The molecular weight excluding hydrogens is 224 g/mol. The Labute approximate surface area is 112 Å². The molecule has 0 aromatic heterocycles. The second-order valence-corrected chi connectivity index (χ2v) is 6.34. The van der Waals surface area contributed by atoms with E-state index < -0.39 is 0 Å². The molecule has 0 saturated heterocycles. The third-order valence-electron chi connectivity index (χ3n) is 4.26. The van der Waals surface area contributed by atoms with E-state index in [1.54, 1.807) is 7.11 Å². The number of methoxy groups -OCH3 is 1. The third kappa shape index (κ3) is 4.72. The smallest absolute Gasteiger partial charge is 0.141 e. The number of ketones is 1. The molecule has 1 saturated carbocycles. The van der Waals surface area contributed by atoms with Crippen LogP contribution >= 0.6 is 0 Å². The summed E-state index contributed by atoms with van der Waals surface area (Å²) >= 11 is 0. The summed E-state index contributed by atoms with van der Waals surface area (Å²) in [4.78, 5) is 12.4. The lowest BCUT2D eigenvalue weighted by atomic mass is 9.80. The normalized spacial score (nSPS) is 18.4. The van der Waals surface area contributed by atoms with Crippen LogP contribution in [-0.4, -0.2) is 19.5 Å². The molecule has 0 bridgehead atoms. The van der Waals surface area contributed by atoms with Crippen molar-refractivity contribution in [3.8, 4) is 0 Å². The Hall–Kier alpha value is -0.370. The van der Waals surface area contributed by atoms with Gasteiger partial charge < -0.3 is 4.74 Å². The summed E-state index contributed by atoms with van der Waals surface area (Å²) in [7, 11) is 1.72. The Kier molecular flexibility index (Phi) is 6.91. The number of ether oxygens (including phenoxy) is 1. The molecule has 0 aromatic carbocycles. The fraction of sp³-hybridized carbons (Fsp3) is 0.938. The quantitative estimate of drug-likeness (QED) is 0.571. The Morgan fingerprint density at radius 3 is 2.39 bits per heavy atom. The van der Waals surface area contributed by atoms with Gasteiger partial charge in [-0.2, -0.15) is 0 Å². The minimum absolute atomic E-state index is 0.118. The van der Waals surface area contributed by atoms with Crippen LogP contribution in [0.3, 0.4) is 0 Å². The lowest BCUT2D eigenvalue weighted by Crippen LogP contribution is -2.32. The molecule has 106 valence electrons. The van der Waals surface area contributed by atoms with E-state index in [2.05, 4.69) is 13.8 Å². The van der Waals surface area contributed by atoms with E-state index in [4.69, 9.17) is 4.74 Å². The number of rotatable bonds is 9. The van der Waals surface area contributed by atoms with Crippen LogP contribution in [0.1, 0.15) is 71.6 Å². The van der Waals surface area contributed by atoms with Gasteiger partial charge >= 0.3 is 0 Å². The number of hydrogen-bond acceptors (Lipinski definition) is 2. The average Bonchev–Trinajstić information content (AvgIpc) is 2.78. The van der Waals surface area contributed by atoms with Gasteiger partial charge in [-0.1, -0.05) is 46.0 Å². The first-order valence-corrected chi connectivity index (χ1v) is 7.63. The number of Topliss-reactive ketones (excluding diaryl/α,β-unsaturated/α-hetero) is 1. The van der Waals surface area contributed by atoms with Gasteiger partial charge in [-0.15, -0.1) is 0 Å². The van der Waals surface area contributed by atoms with Crippen molar-refractivity contribution in [2.45, 2.75) is 71.6 Å². The van der Waals surface area contributed by atoms with Crippen molar-refractivity contribution >= 4 is 5.78 Å². The van der Waals surface area contributed by atoms with E-state index in [1.165, 1.54) is 32.1 Å². The number of carbonyl (C=O) groups is 1. The standard InChI is InChI=1S/C16H30O2/c1-14(2)9-5-4-6-10-15(17)16(13-18-3)11-7-8-12-16/h14H,4-13H2,1-3H3. The highest BCUT2D eigenvalue weighted by Gasteiger charge is 2.39. The van der Waals surface area contributed by atoms with E-state index in [0.717, 1.165) is 31.6 Å². The van der Waals surface area contributed by atoms with E-state index in [0.29, 0.717) is 12.4 Å². The number of unbranched alkanes of at least 4 members (excludes halogenated alkanes) is 2. The maximum absolute atomic E-state index is 12.4. The molecule has 2 heteroatoms. The van der Waals surface area contributed by atoms with Gasteiger partial charge in [0.15, 0.2) is 0 Å². The molecule has 18 heavy (non-hydrogen) atoms. The van der Waals surface area contributed by atoms with Crippen molar-refractivity contribution in [1.82, 2.24) is 0 Å². The van der Waals surface area contributed by atoms with Gasteiger partial charge in [-0.3, -0.25) is 4.79 Å². The molecule has 0 N–H and O–H groups in total. The molecule has 1 fully saturated rings. The SMILES string of the molecule is COCC1(C(=O)CCCCCC(C)C)CCCC1. The van der Waals surface area contributed by atoms with Crippen molar-refractivity contribution in [1.29, 1.82) is 0 Å². The van der Waals surface area contributed by atoms with E-state index in [9.17, 15) is 4.79 Å². The van der Waals surface area contributed by atoms with Crippen molar-refractivity contribution in [2.75, 3.05) is 13.7 Å². The number of carbonyl (C=O) groups excluding carboxylic acids is 1. The second kappa shape index (κ2) is 7.93. The van der Waals surface area contributed by atoms with Crippen LogP contribution in [0.15, 0.2) is 0 Å². The highest BCUT2D eigenvalue weighted by atomic mass is 16.5. The molecule has 0 amide bonds. The number of hydrogen-bond donors (Lipinski definition) is 0. The molecule has 0 aromatic rings. The summed E-state index contributed by atoms with van der Waals surface area (Å²) in [6.45, 7) is 5.16. The summed E-state index contributed by atoms with van der Waals surface area (Å²) in [6.07, 6.45) is 10.1. The molecule has 0 unspecified atom stereocenters. The lowest BCUT2D eigenvalue weighted by molar-refractivity contribution is -0.131.